The summed E-state index contributed by atoms with van der Waals surface area (Å²) in [5.41, 5.74) is 7.95. The van der Waals surface area contributed by atoms with Crippen LogP contribution in [0.15, 0.2) is 41.3 Å². The Bertz CT molecular complexity index is 1220. The summed E-state index contributed by atoms with van der Waals surface area (Å²) >= 11 is 0. The maximum absolute atomic E-state index is 12.5. The van der Waals surface area contributed by atoms with Crippen molar-refractivity contribution in [1.29, 1.82) is 0 Å². The lowest BCUT2D eigenvalue weighted by Gasteiger charge is -2.06. The van der Waals surface area contributed by atoms with Crippen LogP contribution in [0.3, 0.4) is 0 Å². The summed E-state index contributed by atoms with van der Waals surface area (Å²) in [6, 6.07) is 9.51. The Morgan fingerprint density at radius 1 is 1.22 bits per heavy atom. The Balaban J connectivity index is 1.97. The van der Waals surface area contributed by atoms with E-state index in [0.29, 0.717) is 29.3 Å². The predicted octanol–water partition coefficient (Wildman–Crippen LogP) is 0.976. The number of rotatable bonds is 4. The highest BCUT2D eigenvalue weighted by atomic mass is 16.2. The number of benzene rings is 1. The summed E-state index contributed by atoms with van der Waals surface area (Å²) in [5, 5.41) is 4.28. The molecule has 0 aliphatic heterocycles. The zero-order valence-electron chi connectivity index (χ0n) is 14.8. The summed E-state index contributed by atoms with van der Waals surface area (Å²) in [7, 11) is 1.78. The first-order chi connectivity index (χ1) is 12.9. The number of carbonyl (C=O) groups is 1. The molecule has 1 aromatic carbocycles. The van der Waals surface area contributed by atoms with Gasteiger partial charge in [-0.3, -0.25) is 14.0 Å². The molecule has 4 aromatic rings. The average molecular weight is 363 g/mol. The van der Waals surface area contributed by atoms with Crippen molar-refractivity contribution in [3.63, 3.8) is 0 Å². The van der Waals surface area contributed by atoms with Gasteiger partial charge in [-0.15, -0.1) is 0 Å². The second-order valence-corrected chi connectivity index (χ2v) is 6.26. The van der Waals surface area contributed by atoms with Gasteiger partial charge in [-0.05, 0) is 12.5 Å². The minimum Gasteiger partial charge on any atom is -0.364 e. The molecule has 0 aliphatic rings. The monoisotopic (exact) mass is 363 g/mol. The molecular weight excluding hydrogens is 346 g/mol. The number of primary amides is 1. The second-order valence-electron chi connectivity index (χ2n) is 6.26. The smallest absolute Gasteiger partial charge is 0.328 e. The first kappa shape index (κ1) is 16.7. The normalized spacial score (nSPS) is 11.2. The molecule has 0 fully saturated rings. The maximum atomic E-state index is 12.5. The number of fused-ring (bicyclic) bond motifs is 1. The zero-order valence-corrected chi connectivity index (χ0v) is 14.8. The fourth-order valence-corrected chi connectivity index (χ4v) is 3.06. The molecule has 3 aromatic heterocycles. The molecule has 0 saturated carbocycles. The third-order valence-electron chi connectivity index (χ3n) is 4.29. The molecule has 0 unspecified atom stereocenters. The molecular formula is C18H17N7O2. The topological polar surface area (TPSA) is 124 Å². The fraction of sp³-hybridized carbons (Fsp3) is 0.167. The molecule has 1 amide bonds. The van der Waals surface area contributed by atoms with Crippen LogP contribution in [0.1, 0.15) is 21.7 Å². The Morgan fingerprint density at radius 3 is 2.59 bits per heavy atom. The Hall–Kier alpha value is -3.75. The van der Waals surface area contributed by atoms with Gasteiger partial charge in [-0.25, -0.2) is 14.8 Å². The van der Waals surface area contributed by atoms with Crippen molar-refractivity contribution in [2.75, 3.05) is 0 Å². The number of hydrogen-bond donors (Lipinski definition) is 2. The van der Waals surface area contributed by atoms with Gasteiger partial charge in [0.25, 0.3) is 5.91 Å². The molecule has 9 nitrogen and oxygen atoms in total. The van der Waals surface area contributed by atoms with Crippen LogP contribution in [0, 0.1) is 6.92 Å². The third kappa shape index (κ3) is 2.88. The van der Waals surface area contributed by atoms with Crippen LogP contribution in [0.2, 0.25) is 0 Å². The molecule has 136 valence electrons. The van der Waals surface area contributed by atoms with Crippen molar-refractivity contribution >= 4 is 17.1 Å². The van der Waals surface area contributed by atoms with E-state index in [0.717, 1.165) is 5.56 Å². The number of nitrogens with two attached hydrogens (primary N) is 1. The summed E-state index contributed by atoms with van der Waals surface area (Å²) in [6.45, 7) is 2.13. The van der Waals surface area contributed by atoms with Crippen molar-refractivity contribution in [3.8, 4) is 11.4 Å². The van der Waals surface area contributed by atoms with Gasteiger partial charge in [0.15, 0.2) is 17.2 Å². The first-order valence-corrected chi connectivity index (χ1v) is 8.29. The lowest BCUT2D eigenvalue weighted by molar-refractivity contribution is 0.0997. The molecule has 3 heterocycles. The maximum Gasteiger partial charge on any atom is 0.328 e. The van der Waals surface area contributed by atoms with E-state index in [2.05, 4.69) is 20.1 Å². The Kier molecular flexibility index (Phi) is 3.84. The molecule has 0 atom stereocenters. The molecule has 0 radical (unpaired) electrons. The lowest BCUT2D eigenvalue weighted by Crippen LogP contribution is -2.17. The van der Waals surface area contributed by atoms with E-state index >= 15 is 0 Å². The van der Waals surface area contributed by atoms with E-state index in [4.69, 9.17) is 5.73 Å². The van der Waals surface area contributed by atoms with Crippen LogP contribution < -0.4 is 11.4 Å². The molecule has 27 heavy (non-hydrogen) atoms. The number of aromatic amines is 1. The van der Waals surface area contributed by atoms with E-state index in [1.807, 2.05) is 37.3 Å². The number of hydrogen-bond acceptors (Lipinski definition) is 5. The van der Waals surface area contributed by atoms with E-state index in [1.54, 1.807) is 17.9 Å². The van der Waals surface area contributed by atoms with Gasteiger partial charge < -0.3 is 10.7 Å². The molecule has 0 bridgehead atoms. The summed E-state index contributed by atoms with van der Waals surface area (Å²) in [6.07, 6.45) is 1.76. The van der Waals surface area contributed by atoms with Gasteiger partial charge in [0.05, 0.1) is 17.8 Å². The highest BCUT2D eigenvalue weighted by molar-refractivity contribution is 6.01. The van der Waals surface area contributed by atoms with Crippen molar-refractivity contribution < 1.29 is 4.79 Å². The van der Waals surface area contributed by atoms with Crippen molar-refractivity contribution in [1.82, 2.24) is 29.3 Å². The quantitative estimate of drug-likeness (QED) is 0.559. The van der Waals surface area contributed by atoms with Crippen molar-refractivity contribution in [3.05, 3.63) is 64.0 Å². The van der Waals surface area contributed by atoms with Crippen LogP contribution in [0.4, 0.5) is 0 Å². The first-order valence-electron chi connectivity index (χ1n) is 8.29. The van der Waals surface area contributed by atoms with Crippen molar-refractivity contribution in [2.24, 2.45) is 12.8 Å². The summed E-state index contributed by atoms with van der Waals surface area (Å²) < 4.78 is 3.10. The number of imidazole rings is 1. The van der Waals surface area contributed by atoms with Gasteiger partial charge in [0.1, 0.15) is 5.52 Å². The summed E-state index contributed by atoms with van der Waals surface area (Å²) in [5.74, 6) is -0.444. The van der Waals surface area contributed by atoms with Gasteiger partial charge >= 0.3 is 5.69 Å². The largest absolute Gasteiger partial charge is 0.364 e. The van der Waals surface area contributed by atoms with Crippen LogP contribution >= 0.6 is 0 Å². The number of aryl methyl sites for hydroxylation is 2. The molecule has 4 rings (SSSR count). The van der Waals surface area contributed by atoms with Crippen LogP contribution in [0.5, 0.6) is 0 Å². The van der Waals surface area contributed by atoms with E-state index in [-0.39, 0.29) is 16.9 Å². The zero-order chi connectivity index (χ0) is 19.1. The number of carbonyl (C=O) groups excluding carboxylic acids is 1. The summed E-state index contributed by atoms with van der Waals surface area (Å²) in [4.78, 5) is 35.9. The van der Waals surface area contributed by atoms with E-state index < -0.39 is 5.91 Å². The SMILES string of the molecule is Cc1nn(C)cc1-c1nc(C(N)=O)c2[nH]c(=O)n(Cc3ccccc3)c2n1. The Morgan fingerprint density at radius 2 is 1.96 bits per heavy atom. The molecule has 3 N–H and O–H groups in total. The number of nitrogens with one attached hydrogen (secondary N) is 1. The number of amides is 1. The number of nitrogens with zero attached hydrogens (tertiary/aromatic N) is 5. The second kappa shape index (κ2) is 6.20. The highest BCUT2D eigenvalue weighted by Gasteiger charge is 2.21. The predicted molar refractivity (Wildman–Crippen MR) is 99.1 cm³/mol. The van der Waals surface area contributed by atoms with Crippen LogP contribution in [-0.2, 0) is 13.6 Å². The van der Waals surface area contributed by atoms with Crippen LogP contribution in [0.25, 0.3) is 22.6 Å². The number of aromatic nitrogens is 6. The minimum absolute atomic E-state index is 0.0258. The number of H-pyrrole nitrogens is 1. The van der Waals surface area contributed by atoms with Gasteiger partial charge in [-0.1, -0.05) is 30.3 Å². The van der Waals surface area contributed by atoms with E-state index in [9.17, 15) is 9.59 Å². The van der Waals surface area contributed by atoms with Gasteiger partial charge in [-0.2, -0.15) is 5.10 Å². The molecule has 9 heteroatoms. The standard InChI is InChI=1S/C18H17N7O2/c1-10-12(9-24(2)23-10)16-20-13(15(19)26)14-17(22-16)25(18(27)21-14)8-11-6-4-3-5-7-11/h3-7,9H,8H2,1-2H3,(H2,19,26)(H,21,27). The lowest BCUT2D eigenvalue weighted by atomic mass is 10.2. The highest BCUT2D eigenvalue weighted by Crippen LogP contribution is 2.22. The van der Waals surface area contributed by atoms with Crippen LogP contribution in [-0.4, -0.2) is 35.2 Å². The van der Waals surface area contributed by atoms with Gasteiger partial charge in [0, 0.05) is 13.2 Å². The fourth-order valence-electron chi connectivity index (χ4n) is 3.06. The minimum atomic E-state index is -0.738. The molecule has 0 saturated heterocycles. The Labute approximate surface area is 153 Å². The van der Waals surface area contributed by atoms with E-state index in [1.165, 1.54) is 4.57 Å². The molecule has 0 aliphatic carbocycles. The average Bonchev–Trinajstić information content (AvgIpc) is 3.13. The van der Waals surface area contributed by atoms with Gasteiger partial charge in [0.2, 0.25) is 0 Å². The van der Waals surface area contributed by atoms with Crippen molar-refractivity contribution in [2.45, 2.75) is 13.5 Å². The third-order valence-corrected chi connectivity index (χ3v) is 4.29. The molecule has 0 spiro atoms.